The van der Waals surface area contributed by atoms with Crippen molar-refractivity contribution in [1.82, 2.24) is 0 Å². The Morgan fingerprint density at radius 2 is 1.43 bits per heavy atom. The van der Waals surface area contributed by atoms with E-state index >= 15 is 0 Å². The molecule has 2 aliphatic rings. The summed E-state index contributed by atoms with van der Waals surface area (Å²) in [6.07, 6.45) is -15.7. The average Bonchev–Trinajstić information content (AvgIpc) is 2.92. The molecule has 2 fully saturated rings. The number of hydrogen-bond donors (Lipinski definition) is 10. The van der Waals surface area contributed by atoms with Crippen LogP contribution in [0.1, 0.15) is 23.3 Å². The highest BCUT2D eigenvalue weighted by atomic mass is 16.5. The van der Waals surface area contributed by atoms with E-state index in [1.807, 2.05) is 0 Å². The van der Waals surface area contributed by atoms with E-state index in [0.29, 0.717) is 5.56 Å². The van der Waals surface area contributed by atoms with Gasteiger partial charge >= 0.3 is 0 Å². The Labute approximate surface area is 224 Å². The number of ether oxygens (including phenoxy) is 2. The first-order valence-corrected chi connectivity index (χ1v) is 12.3. The van der Waals surface area contributed by atoms with Crippen molar-refractivity contribution in [3.63, 3.8) is 0 Å². The van der Waals surface area contributed by atoms with Crippen molar-refractivity contribution in [1.29, 1.82) is 0 Å². The van der Waals surface area contributed by atoms with Crippen LogP contribution in [0.3, 0.4) is 0 Å². The molecule has 2 aliphatic heterocycles. The molecule has 0 spiro atoms. The van der Waals surface area contributed by atoms with Crippen LogP contribution in [0.5, 0.6) is 17.2 Å². The van der Waals surface area contributed by atoms with Gasteiger partial charge in [-0.3, -0.25) is 4.79 Å². The van der Waals surface area contributed by atoms with E-state index in [4.69, 9.17) is 13.9 Å². The lowest BCUT2D eigenvalue weighted by Crippen LogP contribution is -2.55. The second-order valence-electron chi connectivity index (χ2n) is 9.80. The lowest BCUT2D eigenvalue weighted by Gasteiger charge is -2.41. The molecule has 1 aromatic heterocycles. The third-order valence-electron chi connectivity index (χ3n) is 7.31. The average molecular weight is 564 g/mol. The maximum Gasteiger partial charge on any atom is 0.197 e. The van der Waals surface area contributed by atoms with E-state index in [1.54, 1.807) is 0 Å². The molecule has 40 heavy (non-hydrogen) atoms. The zero-order chi connectivity index (χ0) is 29.0. The summed E-state index contributed by atoms with van der Waals surface area (Å²) in [5, 5.41) is 104. The number of hydrogen-bond acceptors (Lipinski definition) is 14. The maximum absolute atomic E-state index is 13.4. The number of phenols is 3. The molecule has 10 N–H and O–H groups in total. The molecule has 0 aliphatic carbocycles. The Hall–Kier alpha value is -3.31. The fourth-order valence-corrected chi connectivity index (χ4v) is 5.11. The van der Waals surface area contributed by atoms with Crippen LogP contribution in [-0.4, -0.2) is 107 Å². The summed E-state index contributed by atoms with van der Waals surface area (Å²) in [6, 6.07) is 6.47. The fourth-order valence-electron chi connectivity index (χ4n) is 5.11. The van der Waals surface area contributed by atoms with Gasteiger partial charge in [-0.25, -0.2) is 0 Å². The van der Waals surface area contributed by atoms with Crippen LogP contribution in [0.15, 0.2) is 39.5 Å². The van der Waals surface area contributed by atoms with Gasteiger partial charge in [0.05, 0.1) is 24.3 Å². The molecular formula is C26H28O14. The lowest BCUT2D eigenvalue weighted by atomic mass is 9.85. The molecule has 0 bridgehead atoms. The molecule has 0 radical (unpaired) electrons. The summed E-state index contributed by atoms with van der Waals surface area (Å²) in [5.41, 5.74) is -2.19. The first-order valence-electron chi connectivity index (χ1n) is 12.3. The molecule has 216 valence electrons. The summed E-state index contributed by atoms with van der Waals surface area (Å²) in [4.78, 5) is 13.4. The van der Waals surface area contributed by atoms with Crippen molar-refractivity contribution in [2.45, 2.75) is 54.9 Å². The Bertz CT molecular complexity index is 1450. The standard InChI is InChI=1S/C26H28O14/c27-6-13-18(32)21(35)23(37)26(40-13)16-20(34)15(25-22(36)17(31)11(30)7-38-25)19(33)14-10(29)5-12(39-24(14)16)8-1-3-9(28)4-2-8/h1-5,11,13,17-18,21-23,25-28,30-37H,6-7H2/t11-,13+,17-,18-,21-,22-,23-,25+,26+/m1/s1. The van der Waals surface area contributed by atoms with Gasteiger partial charge in [0.15, 0.2) is 11.0 Å². The summed E-state index contributed by atoms with van der Waals surface area (Å²) >= 11 is 0. The molecule has 0 saturated carbocycles. The molecule has 14 heteroatoms. The number of aromatic hydroxyl groups is 3. The summed E-state index contributed by atoms with van der Waals surface area (Å²) in [7, 11) is 0. The Kier molecular flexibility index (Phi) is 7.47. The minimum Gasteiger partial charge on any atom is -0.508 e. The number of aliphatic hydroxyl groups is 7. The molecule has 3 aromatic rings. The van der Waals surface area contributed by atoms with Gasteiger partial charge in [0.2, 0.25) is 0 Å². The quantitative estimate of drug-likeness (QED) is 0.169. The van der Waals surface area contributed by atoms with Crippen LogP contribution in [0.2, 0.25) is 0 Å². The maximum atomic E-state index is 13.4. The van der Waals surface area contributed by atoms with E-state index in [2.05, 4.69) is 0 Å². The van der Waals surface area contributed by atoms with E-state index < -0.39 is 107 Å². The van der Waals surface area contributed by atoms with Crippen molar-refractivity contribution >= 4 is 11.0 Å². The van der Waals surface area contributed by atoms with E-state index in [1.165, 1.54) is 24.3 Å². The largest absolute Gasteiger partial charge is 0.508 e. The van der Waals surface area contributed by atoms with Gasteiger partial charge in [0.1, 0.15) is 83.3 Å². The van der Waals surface area contributed by atoms with E-state index in [0.717, 1.165) is 6.07 Å². The van der Waals surface area contributed by atoms with Crippen LogP contribution < -0.4 is 5.43 Å². The summed E-state index contributed by atoms with van der Waals surface area (Å²) < 4.78 is 16.9. The monoisotopic (exact) mass is 564 g/mol. The summed E-state index contributed by atoms with van der Waals surface area (Å²) in [6.45, 7) is -1.34. The van der Waals surface area contributed by atoms with Gasteiger partial charge in [-0.15, -0.1) is 0 Å². The molecule has 9 atom stereocenters. The Balaban J connectivity index is 1.81. The smallest absolute Gasteiger partial charge is 0.197 e. The predicted octanol–water partition coefficient (Wildman–Crippen LogP) is -1.75. The van der Waals surface area contributed by atoms with Crippen molar-refractivity contribution in [2.75, 3.05) is 13.2 Å². The first-order chi connectivity index (χ1) is 19.0. The minimum atomic E-state index is -1.96. The first kappa shape index (κ1) is 28.2. The summed E-state index contributed by atoms with van der Waals surface area (Å²) in [5.74, 6) is -2.00. The van der Waals surface area contributed by atoms with Gasteiger partial charge in [0.25, 0.3) is 0 Å². The molecule has 0 amide bonds. The molecule has 3 heterocycles. The zero-order valence-electron chi connectivity index (χ0n) is 20.6. The molecule has 14 nitrogen and oxygen atoms in total. The Morgan fingerprint density at radius 3 is 2.08 bits per heavy atom. The van der Waals surface area contributed by atoms with E-state index in [-0.39, 0.29) is 11.5 Å². The second-order valence-corrected chi connectivity index (χ2v) is 9.80. The van der Waals surface area contributed by atoms with Crippen molar-refractivity contribution in [3.8, 4) is 28.6 Å². The lowest BCUT2D eigenvalue weighted by molar-refractivity contribution is -0.231. The number of fused-ring (bicyclic) bond motifs is 1. The third-order valence-corrected chi connectivity index (χ3v) is 7.31. The van der Waals surface area contributed by atoms with Gasteiger partial charge < -0.3 is 65.0 Å². The van der Waals surface area contributed by atoms with Gasteiger partial charge in [-0.2, -0.15) is 0 Å². The van der Waals surface area contributed by atoms with Crippen molar-refractivity contribution in [3.05, 3.63) is 51.7 Å². The number of rotatable bonds is 4. The second kappa shape index (κ2) is 10.6. The highest BCUT2D eigenvalue weighted by Crippen LogP contribution is 2.50. The molecule has 5 rings (SSSR count). The molecule has 0 unspecified atom stereocenters. The highest BCUT2D eigenvalue weighted by Gasteiger charge is 2.48. The highest BCUT2D eigenvalue weighted by molar-refractivity contribution is 5.92. The zero-order valence-corrected chi connectivity index (χ0v) is 20.6. The fraction of sp³-hybridized carbons (Fsp3) is 0.423. The predicted molar refractivity (Wildman–Crippen MR) is 132 cm³/mol. The number of aliphatic hydroxyl groups excluding tert-OH is 7. The van der Waals surface area contributed by atoms with E-state index in [9.17, 15) is 55.9 Å². The number of benzene rings is 2. The third kappa shape index (κ3) is 4.49. The molecule has 2 aromatic carbocycles. The SMILES string of the molecule is O=c1cc(-c2ccc(O)cc2)oc2c([C@@H]3O[C@@H](CO)[C@@H](O)[C@@H](O)[C@H]3O)c(O)c([C@@H]3OC[C@@H](O)[C@@H](O)[C@H]3O)c(O)c12. The van der Waals surface area contributed by atoms with Crippen LogP contribution in [0, 0.1) is 0 Å². The topological polar surface area (TPSA) is 251 Å². The van der Waals surface area contributed by atoms with Crippen molar-refractivity contribution in [2.24, 2.45) is 0 Å². The van der Waals surface area contributed by atoms with Crippen LogP contribution in [0.4, 0.5) is 0 Å². The van der Waals surface area contributed by atoms with Gasteiger partial charge in [0, 0.05) is 11.6 Å². The molecule has 2 saturated heterocycles. The van der Waals surface area contributed by atoms with Gasteiger partial charge in [-0.05, 0) is 24.3 Å². The van der Waals surface area contributed by atoms with Crippen LogP contribution >= 0.6 is 0 Å². The Morgan fingerprint density at radius 1 is 0.775 bits per heavy atom. The van der Waals surface area contributed by atoms with Crippen LogP contribution in [0.25, 0.3) is 22.3 Å². The van der Waals surface area contributed by atoms with Crippen molar-refractivity contribution < 1.29 is 65.0 Å². The minimum absolute atomic E-state index is 0.0767. The molecular weight excluding hydrogens is 536 g/mol. The normalized spacial score (nSPS) is 32.8. The van der Waals surface area contributed by atoms with Gasteiger partial charge in [-0.1, -0.05) is 0 Å². The number of phenolic OH excluding ortho intramolecular Hbond substituents is 3. The van der Waals surface area contributed by atoms with Crippen LogP contribution in [-0.2, 0) is 9.47 Å².